The van der Waals surface area contributed by atoms with Gasteiger partial charge in [-0.2, -0.15) is 0 Å². The summed E-state index contributed by atoms with van der Waals surface area (Å²) in [5.74, 6) is 0.906. The SMILES string of the molecule is COc1c(Br)cc(CNCCNC(=O)C(C)C)cc1Br. The van der Waals surface area contributed by atoms with Gasteiger partial charge in [-0.1, -0.05) is 13.8 Å². The minimum absolute atomic E-state index is 0.0310. The summed E-state index contributed by atoms with van der Waals surface area (Å²) in [5.41, 5.74) is 1.14. The van der Waals surface area contributed by atoms with Gasteiger partial charge >= 0.3 is 0 Å². The summed E-state index contributed by atoms with van der Waals surface area (Å²) in [4.78, 5) is 11.4. The lowest BCUT2D eigenvalue weighted by atomic mass is 10.2. The van der Waals surface area contributed by atoms with Crippen LogP contribution >= 0.6 is 31.9 Å². The quantitative estimate of drug-likeness (QED) is 0.683. The van der Waals surface area contributed by atoms with Crippen molar-refractivity contribution in [2.24, 2.45) is 5.92 Å². The van der Waals surface area contributed by atoms with Crippen LogP contribution < -0.4 is 15.4 Å². The van der Waals surface area contributed by atoms with Crippen LogP contribution in [0.25, 0.3) is 0 Å². The average Bonchev–Trinajstić information content (AvgIpc) is 2.37. The second-order valence-electron chi connectivity index (χ2n) is 4.72. The van der Waals surface area contributed by atoms with Crippen molar-refractivity contribution in [3.05, 3.63) is 26.6 Å². The van der Waals surface area contributed by atoms with Crippen LogP contribution in [0.5, 0.6) is 5.75 Å². The molecule has 0 radical (unpaired) electrons. The molecule has 0 aliphatic rings. The van der Waals surface area contributed by atoms with E-state index in [1.54, 1.807) is 7.11 Å². The van der Waals surface area contributed by atoms with Gasteiger partial charge in [0.05, 0.1) is 16.1 Å². The molecule has 4 nitrogen and oxygen atoms in total. The molecule has 0 spiro atoms. The van der Waals surface area contributed by atoms with E-state index in [9.17, 15) is 4.79 Å². The summed E-state index contributed by atoms with van der Waals surface area (Å²) in [7, 11) is 1.64. The van der Waals surface area contributed by atoms with Gasteiger partial charge in [-0.15, -0.1) is 0 Å². The lowest BCUT2D eigenvalue weighted by molar-refractivity contribution is -0.123. The Kier molecular flexibility index (Phi) is 7.55. The first kappa shape index (κ1) is 17.5. The second kappa shape index (κ2) is 8.64. The standard InChI is InChI=1S/C14H20Br2N2O2/c1-9(2)14(19)18-5-4-17-8-10-6-11(15)13(20-3)12(16)7-10/h6-7,9,17H,4-5,8H2,1-3H3,(H,18,19). The van der Waals surface area contributed by atoms with Gasteiger partial charge in [0.1, 0.15) is 5.75 Å². The first-order chi connectivity index (χ1) is 9.45. The number of ether oxygens (including phenoxy) is 1. The first-order valence-electron chi connectivity index (χ1n) is 6.46. The van der Waals surface area contributed by atoms with E-state index in [-0.39, 0.29) is 11.8 Å². The molecule has 112 valence electrons. The average molecular weight is 408 g/mol. The zero-order valence-corrected chi connectivity index (χ0v) is 15.1. The zero-order valence-electron chi connectivity index (χ0n) is 11.9. The predicted octanol–water partition coefficient (Wildman–Crippen LogP) is 3.08. The molecular weight excluding hydrogens is 388 g/mol. The van der Waals surface area contributed by atoms with Gasteiger partial charge in [0.2, 0.25) is 5.91 Å². The molecular formula is C14H20Br2N2O2. The Labute approximate surface area is 136 Å². The summed E-state index contributed by atoms with van der Waals surface area (Å²) in [5, 5.41) is 6.16. The third kappa shape index (κ3) is 5.42. The van der Waals surface area contributed by atoms with Crippen LogP contribution in [0.2, 0.25) is 0 Å². The molecule has 0 atom stereocenters. The van der Waals surface area contributed by atoms with E-state index in [4.69, 9.17) is 4.74 Å². The maximum Gasteiger partial charge on any atom is 0.222 e. The van der Waals surface area contributed by atoms with E-state index in [0.29, 0.717) is 6.54 Å². The van der Waals surface area contributed by atoms with Gasteiger partial charge in [-0.05, 0) is 49.6 Å². The summed E-state index contributed by atoms with van der Waals surface area (Å²) in [6.45, 7) is 5.87. The number of hydrogen-bond acceptors (Lipinski definition) is 3. The Morgan fingerprint density at radius 2 is 1.85 bits per heavy atom. The molecule has 0 fully saturated rings. The molecule has 0 saturated carbocycles. The van der Waals surface area contributed by atoms with Crippen molar-refractivity contribution in [3.63, 3.8) is 0 Å². The number of carbonyl (C=O) groups excluding carboxylic acids is 1. The zero-order chi connectivity index (χ0) is 15.1. The lowest BCUT2D eigenvalue weighted by Gasteiger charge is -2.11. The lowest BCUT2D eigenvalue weighted by Crippen LogP contribution is -2.34. The summed E-state index contributed by atoms with van der Waals surface area (Å²) < 4.78 is 7.09. The van der Waals surface area contributed by atoms with Gasteiger partial charge in [0, 0.05) is 25.6 Å². The smallest absolute Gasteiger partial charge is 0.222 e. The molecule has 1 rings (SSSR count). The number of methoxy groups -OCH3 is 1. The molecule has 2 N–H and O–H groups in total. The normalized spacial score (nSPS) is 10.7. The van der Waals surface area contributed by atoms with Crippen molar-refractivity contribution in [2.75, 3.05) is 20.2 Å². The van der Waals surface area contributed by atoms with Crippen LogP contribution in [0, 0.1) is 5.92 Å². The van der Waals surface area contributed by atoms with Crippen molar-refractivity contribution in [3.8, 4) is 5.75 Å². The van der Waals surface area contributed by atoms with Gasteiger partial charge < -0.3 is 15.4 Å². The molecule has 6 heteroatoms. The molecule has 1 amide bonds. The van der Waals surface area contributed by atoms with Crippen LogP contribution in [-0.4, -0.2) is 26.1 Å². The first-order valence-corrected chi connectivity index (χ1v) is 8.04. The number of rotatable bonds is 7. The topological polar surface area (TPSA) is 50.4 Å². The third-order valence-electron chi connectivity index (χ3n) is 2.72. The van der Waals surface area contributed by atoms with Crippen LogP contribution in [-0.2, 0) is 11.3 Å². The number of nitrogens with one attached hydrogen (secondary N) is 2. The maximum absolute atomic E-state index is 11.4. The van der Waals surface area contributed by atoms with Gasteiger partial charge in [0.25, 0.3) is 0 Å². The van der Waals surface area contributed by atoms with Crippen molar-refractivity contribution >= 4 is 37.8 Å². The molecule has 0 heterocycles. The van der Waals surface area contributed by atoms with E-state index in [1.807, 2.05) is 26.0 Å². The predicted molar refractivity (Wildman–Crippen MR) is 87.9 cm³/mol. The number of carbonyl (C=O) groups is 1. The van der Waals surface area contributed by atoms with E-state index in [2.05, 4.69) is 42.5 Å². The van der Waals surface area contributed by atoms with E-state index in [0.717, 1.165) is 33.3 Å². The fourth-order valence-electron chi connectivity index (χ4n) is 1.62. The largest absolute Gasteiger partial charge is 0.494 e. The summed E-state index contributed by atoms with van der Waals surface area (Å²) >= 11 is 6.95. The Bertz CT molecular complexity index is 441. The van der Waals surface area contributed by atoms with E-state index >= 15 is 0 Å². The van der Waals surface area contributed by atoms with Gasteiger partial charge in [0.15, 0.2) is 0 Å². The summed E-state index contributed by atoms with van der Waals surface area (Å²) in [6, 6.07) is 4.03. The molecule has 20 heavy (non-hydrogen) atoms. The number of benzene rings is 1. The maximum atomic E-state index is 11.4. The number of hydrogen-bond donors (Lipinski definition) is 2. The van der Waals surface area contributed by atoms with Crippen molar-refractivity contribution in [1.29, 1.82) is 0 Å². The molecule has 0 aromatic heterocycles. The van der Waals surface area contributed by atoms with Crippen LogP contribution in [0.4, 0.5) is 0 Å². The highest BCUT2D eigenvalue weighted by molar-refractivity contribution is 9.11. The van der Waals surface area contributed by atoms with Crippen LogP contribution in [0.3, 0.4) is 0 Å². The summed E-state index contributed by atoms with van der Waals surface area (Å²) in [6.07, 6.45) is 0. The fraction of sp³-hybridized carbons (Fsp3) is 0.500. The molecule has 1 aromatic carbocycles. The minimum atomic E-state index is 0.0310. The minimum Gasteiger partial charge on any atom is -0.494 e. The van der Waals surface area contributed by atoms with E-state index < -0.39 is 0 Å². The molecule has 0 saturated heterocycles. The Morgan fingerprint density at radius 1 is 1.25 bits per heavy atom. The molecule has 0 aliphatic carbocycles. The highest BCUT2D eigenvalue weighted by Gasteiger charge is 2.08. The molecule has 0 aliphatic heterocycles. The fourth-order valence-corrected chi connectivity index (χ4v) is 3.23. The second-order valence-corrected chi connectivity index (χ2v) is 6.42. The van der Waals surface area contributed by atoms with E-state index in [1.165, 1.54) is 0 Å². The van der Waals surface area contributed by atoms with Crippen molar-refractivity contribution in [1.82, 2.24) is 10.6 Å². The van der Waals surface area contributed by atoms with Crippen LogP contribution in [0.1, 0.15) is 19.4 Å². The van der Waals surface area contributed by atoms with Gasteiger partial charge in [-0.3, -0.25) is 4.79 Å². The number of halogens is 2. The Balaban J connectivity index is 2.38. The van der Waals surface area contributed by atoms with Gasteiger partial charge in [-0.25, -0.2) is 0 Å². The van der Waals surface area contributed by atoms with Crippen LogP contribution in [0.15, 0.2) is 21.1 Å². The van der Waals surface area contributed by atoms with Crippen molar-refractivity contribution < 1.29 is 9.53 Å². The molecule has 0 bridgehead atoms. The van der Waals surface area contributed by atoms with Crippen molar-refractivity contribution in [2.45, 2.75) is 20.4 Å². The molecule has 0 unspecified atom stereocenters. The monoisotopic (exact) mass is 406 g/mol. The third-order valence-corrected chi connectivity index (χ3v) is 3.89. The molecule has 1 aromatic rings. The Hall–Kier alpha value is -0.590. The Morgan fingerprint density at radius 3 is 2.35 bits per heavy atom. The highest BCUT2D eigenvalue weighted by atomic mass is 79.9. The number of amides is 1. The highest BCUT2D eigenvalue weighted by Crippen LogP contribution is 2.34.